The average Bonchev–Trinajstić information content (AvgIpc) is 3.27. The summed E-state index contributed by atoms with van der Waals surface area (Å²) in [5, 5.41) is 8.25. The summed E-state index contributed by atoms with van der Waals surface area (Å²) in [6.07, 6.45) is 8.36. The van der Waals surface area contributed by atoms with E-state index in [1.165, 1.54) is 31.4 Å². The highest BCUT2D eigenvalue weighted by molar-refractivity contribution is 5.06. The molecule has 1 aromatic heterocycles. The van der Waals surface area contributed by atoms with Crippen molar-refractivity contribution >= 4 is 0 Å². The van der Waals surface area contributed by atoms with E-state index >= 15 is 0 Å². The van der Waals surface area contributed by atoms with Gasteiger partial charge in [-0.2, -0.15) is 5.10 Å². The first-order valence-electron chi connectivity index (χ1n) is 8.70. The lowest BCUT2D eigenvalue weighted by molar-refractivity contribution is 0.0787. The van der Waals surface area contributed by atoms with Crippen LogP contribution in [0.15, 0.2) is 12.4 Å². The van der Waals surface area contributed by atoms with Crippen LogP contribution in [0.25, 0.3) is 0 Å². The van der Waals surface area contributed by atoms with Crippen LogP contribution < -0.4 is 5.32 Å². The maximum Gasteiger partial charge on any atom is 0.0534 e. The van der Waals surface area contributed by atoms with Crippen molar-refractivity contribution in [1.29, 1.82) is 0 Å². The van der Waals surface area contributed by atoms with Gasteiger partial charge in [0.2, 0.25) is 0 Å². The molecule has 21 heavy (non-hydrogen) atoms. The Hall–Kier alpha value is -0.870. The van der Waals surface area contributed by atoms with Gasteiger partial charge in [0.25, 0.3) is 0 Å². The van der Waals surface area contributed by atoms with Crippen molar-refractivity contribution in [2.75, 3.05) is 13.1 Å². The zero-order valence-corrected chi connectivity index (χ0v) is 13.8. The van der Waals surface area contributed by atoms with Gasteiger partial charge in [0, 0.05) is 50.0 Å². The van der Waals surface area contributed by atoms with Crippen molar-refractivity contribution in [1.82, 2.24) is 20.0 Å². The summed E-state index contributed by atoms with van der Waals surface area (Å²) in [5.74, 6) is 1.68. The summed E-state index contributed by atoms with van der Waals surface area (Å²) < 4.78 is 2.04. The summed E-state index contributed by atoms with van der Waals surface area (Å²) in [5.41, 5.74) is 1.36. The summed E-state index contributed by atoms with van der Waals surface area (Å²) in [6.45, 7) is 11.2. The van der Waals surface area contributed by atoms with E-state index in [2.05, 4.69) is 42.3 Å². The largest absolute Gasteiger partial charge is 0.311 e. The molecule has 3 rings (SSSR count). The van der Waals surface area contributed by atoms with Gasteiger partial charge in [0.05, 0.1) is 6.20 Å². The molecule has 4 heteroatoms. The van der Waals surface area contributed by atoms with Gasteiger partial charge in [0.1, 0.15) is 0 Å². The van der Waals surface area contributed by atoms with Gasteiger partial charge in [-0.15, -0.1) is 0 Å². The number of aromatic nitrogens is 2. The van der Waals surface area contributed by atoms with Crippen LogP contribution in [0.3, 0.4) is 0 Å². The van der Waals surface area contributed by atoms with Gasteiger partial charge in [-0.1, -0.05) is 20.3 Å². The lowest BCUT2D eigenvalue weighted by Crippen LogP contribution is -2.58. The highest BCUT2D eigenvalue weighted by atomic mass is 15.3. The quantitative estimate of drug-likeness (QED) is 0.874. The maximum absolute atomic E-state index is 4.43. The standard InChI is InChI=1S/C17H30N4/c1-4-13(3)17-9-18-16(15-6-7-15)12-20(17)10-14-8-19-21(5-2)11-14/h8,11,13,15-18H,4-7,9-10,12H2,1-3H3. The molecule has 1 saturated heterocycles. The highest BCUT2D eigenvalue weighted by Crippen LogP contribution is 2.35. The summed E-state index contributed by atoms with van der Waals surface area (Å²) in [6, 6.07) is 1.38. The molecule has 2 aliphatic rings. The number of hydrogen-bond acceptors (Lipinski definition) is 3. The minimum atomic E-state index is 0.662. The Bertz CT molecular complexity index is 451. The van der Waals surface area contributed by atoms with Crippen LogP contribution in [-0.2, 0) is 13.1 Å². The van der Waals surface area contributed by atoms with Crippen LogP contribution in [0.2, 0.25) is 0 Å². The van der Waals surface area contributed by atoms with E-state index in [0.717, 1.165) is 31.5 Å². The molecule has 0 radical (unpaired) electrons. The van der Waals surface area contributed by atoms with E-state index in [1.54, 1.807) is 0 Å². The van der Waals surface area contributed by atoms with Crippen LogP contribution in [0.1, 0.15) is 45.6 Å². The molecular formula is C17H30N4. The molecule has 3 unspecified atom stereocenters. The summed E-state index contributed by atoms with van der Waals surface area (Å²) in [7, 11) is 0. The second-order valence-corrected chi connectivity index (χ2v) is 6.94. The van der Waals surface area contributed by atoms with E-state index in [-0.39, 0.29) is 0 Å². The van der Waals surface area contributed by atoms with Gasteiger partial charge in [-0.3, -0.25) is 9.58 Å². The van der Waals surface area contributed by atoms with Crippen LogP contribution in [-0.4, -0.2) is 39.9 Å². The predicted molar refractivity (Wildman–Crippen MR) is 86.1 cm³/mol. The van der Waals surface area contributed by atoms with Crippen LogP contribution in [0.4, 0.5) is 0 Å². The van der Waals surface area contributed by atoms with Gasteiger partial charge in [-0.25, -0.2) is 0 Å². The normalized spacial score (nSPS) is 28.7. The third-order valence-corrected chi connectivity index (χ3v) is 5.38. The van der Waals surface area contributed by atoms with E-state index < -0.39 is 0 Å². The Morgan fingerprint density at radius 3 is 2.81 bits per heavy atom. The monoisotopic (exact) mass is 290 g/mol. The number of rotatable bonds is 6. The molecule has 0 spiro atoms. The summed E-state index contributed by atoms with van der Waals surface area (Å²) >= 11 is 0. The highest BCUT2D eigenvalue weighted by Gasteiger charge is 2.38. The molecule has 4 nitrogen and oxygen atoms in total. The van der Waals surface area contributed by atoms with Crippen LogP contribution in [0, 0.1) is 11.8 Å². The zero-order chi connectivity index (χ0) is 14.8. The first-order valence-corrected chi connectivity index (χ1v) is 8.70. The molecule has 3 atom stereocenters. The summed E-state index contributed by atoms with van der Waals surface area (Å²) in [4.78, 5) is 2.71. The van der Waals surface area contributed by atoms with Gasteiger partial charge >= 0.3 is 0 Å². The lowest BCUT2D eigenvalue weighted by atomic mass is 9.93. The predicted octanol–water partition coefficient (Wildman–Crippen LogP) is 2.50. The molecule has 1 saturated carbocycles. The molecule has 0 amide bonds. The van der Waals surface area contributed by atoms with E-state index in [9.17, 15) is 0 Å². The van der Waals surface area contributed by atoms with E-state index in [1.807, 2.05) is 10.9 Å². The number of nitrogens with one attached hydrogen (secondary N) is 1. The smallest absolute Gasteiger partial charge is 0.0534 e. The number of nitrogens with zero attached hydrogens (tertiary/aromatic N) is 3. The molecule has 1 aliphatic carbocycles. The van der Waals surface area contributed by atoms with E-state index in [4.69, 9.17) is 0 Å². The Morgan fingerprint density at radius 1 is 1.38 bits per heavy atom. The van der Waals surface area contributed by atoms with Crippen LogP contribution in [0.5, 0.6) is 0 Å². The van der Waals surface area contributed by atoms with E-state index in [0.29, 0.717) is 12.1 Å². The first kappa shape index (κ1) is 15.0. The third-order valence-electron chi connectivity index (χ3n) is 5.38. The van der Waals surface area contributed by atoms with Gasteiger partial charge in [-0.05, 0) is 31.6 Å². The molecule has 2 heterocycles. The minimum Gasteiger partial charge on any atom is -0.311 e. The molecule has 118 valence electrons. The molecule has 1 aromatic rings. The topological polar surface area (TPSA) is 33.1 Å². The van der Waals surface area contributed by atoms with Crippen LogP contribution >= 0.6 is 0 Å². The first-order chi connectivity index (χ1) is 10.2. The lowest BCUT2D eigenvalue weighted by Gasteiger charge is -2.43. The van der Waals surface area contributed by atoms with Crippen molar-refractivity contribution in [2.24, 2.45) is 11.8 Å². The molecular weight excluding hydrogens is 260 g/mol. The molecule has 0 bridgehead atoms. The van der Waals surface area contributed by atoms with Crippen molar-refractivity contribution in [3.63, 3.8) is 0 Å². The fourth-order valence-corrected chi connectivity index (χ4v) is 3.58. The minimum absolute atomic E-state index is 0.662. The molecule has 1 N–H and O–H groups in total. The van der Waals surface area contributed by atoms with Crippen molar-refractivity contribution in [3.05, 3.63) is 18.0 Å². The van der Waals surface area contributed by atoms with Crippen molar-refractivity contribution < 1.29 is 0 Å². The van der Waals surface area contributed by atoms with Gasteiger partial charge in [0.15, 0.2) is 0 Å². The number of hydrogen-bond donors (Lipinski definition) is 1. The Morgan fingerprint density at radius 2 is 2.19 bits per heavy atom. The van der Waals surface area contributed by atoms with Crippen molar-refractivity contribution in [2.45, 2.75) is 65.2 Å². The zero-order valence-electron chi connectivity index (χ0n) is 13.8. The molecule has 0 aromatic carbocycles. The Labute approximate surface area is 128 Å². The molecule has 1 aliphatic heterocycles. The maximum atomic E-state index is 4.43. The second kappa shape index (κ2) is 6.49. The number of aryl methyl sites for hydroxylation is 1. The molecule has 2 fully saturated rings. The fourth-order valence-electron chi connectivity index (χ4n) is 3.58. The fraction of sp³-hybridized carbons (Fsp3) is 0.824. The number of piperazine rings is 1. The Kier molecular flexibility index (Phi) is 4.65. The third kappa shape index (κ3) is 3.49. The Balaban J connectivity index is 1.69. The van der Waals surface area contributed by atoms with Crippen molar-refractivity contribution in [3.8, 4) is 0 Å². The SMILES string of the molecule is CCC(C)C1CNC(C2CC2)CN1Cc1cnn(CC)c1. The second-order valence-electron chi connectivity index (χ2n) is 6.94. The van der Waals surface area contributed by atoms with Gasteiger partial charge < -0.3 is 5.32 Å². The average molecular weight is 290 g/mol.